The van der Waals surface area contributed by atoms with E-state index in [4.69, 9.17) is 15.2 Å². The second-order valence-corrected chi connectivity index (χ2v) is 6.57. The van der Waals surface area contributed by atoms with E-state index in [0.29, 0.717) is 19.4 Å². The molecule has 0 spiro atoms. The molecule has 21 heavy (non-hydrogen) atoms. The summed E-state index contributed by atoms with van der Waals surface area (Å²) in [6.45, 7) is 6.85. The minimum atomic E-state index is 0.0896. The summed E-state index contributed by atoms with van der Waals surface area (Å²) in [6, 6.07) is 6.90. The highest BCUT2D eigenvalue weighted by molar-refractivity contribution is 5.44. The van der Waals surface area contributed by atoms with Crippen LogP contribution in [0.4, 0.5) is 0 Å². The first-order valence-corrected chi connectivity index (χ1v) is 7.98. The van der Waals surface area contributed by atoms with Gasteiger partial charge in [0, 0.05) is 18.1 Å². The Balaban J connectivity index is 1.67. The minimum absolute atomic E-state index is 0.0896. The molecular weight excluding hydrogens is 264 g/mol. The summed E-state index contributed by atoms with van der Waals surface area (Å²) in [5.41, 5.74) is 7.50. The lowest BCUT2D eigenvalue weighted by Crippen LogP contribution is -2.53. The number of rotatable bonds is 5. The third-order valence-electron chi connectivity index (χ3n) is 5.08. The molecule has 116 valence electrons. The first-order chi connectivity index (χ1) is 10.1. The molecule has 0 saturated carbocycles. The fraction of sp³-hybridized carbons (Fsp3) is 0.647. The molecule has 1 aromatic rings. The largest absolute Gasteiger partial charge is 0.454 e. The highest BCUT2D eigenvalue weighted by Gasteiger charge is 2.36. The summed E-state index contributed by atoms with van der Waals surface area (Å²) in [5, 5.41) is 0. The molecule has 2 heterocycles. The van der Waals surface area contributed by atoms with Crippen LogP contribution in [0.3, 0.4) is 0 Å². The van der Waals surface area contributed by atoms with E-state index in [-0.39, 0.29) is 5.54 Å². The zero-order valence-electron chi connectivity index (χ0n) is 13.1. The Kier molecular flexibility index (Phi) is 4.09. The van der Waals surface area contributed by atoms with E-state index in [1.54, 1.807) is 0 Å². The van der Waals surface area contributed by atoms with E-state index in [9.17, 15) is 0 Å². The van der Waals surface area contributed by atoms with E-state index in [1.807, 2.05) is 6.07 Å². The van der Waals surface area contributed by atoms with Crippen LogP contribution in [0.25, 0.3) is 0 Å². The summed E-state index contributed by atoms with van der Waals surface area (Å²) >= 11 is 0. The monoisotopic (exact) mass is 290 g/mol. The number of nitrogens with two attached hydrogens (primary N) is 1. The second-order valence-electron chi connectivity index (χ2n) is 6.57. The number of likely N-dealkylation sites (tertiary alicyclic amines) is 1. The van der Waals surface area contributed by atoms with Gasteiger partial charge in [0.25, 0.3) is 0 Å². The molecule has 2 aliphatic heterocycles. The van der Waals surface area contributed by atoms with Gasteiger partial charge in [0.1, 0.15) is 0 Å². The second kappa shape index (κ2) is 5.85. The van der Waals surface area contributed by atoms with E-state index >= 15 is 0 Å². The normalized spacial score (nSPS) is 24.2. The average molecular weight is 290 g/mol. The number of hydrogen-bond donors (Lipinski definition) is 1. The number of ether oxygens (including phenoxy) is 2. The van der Waals surface area contributed by atoms with Crippen molar-refractivity contribution in [2.75, 3.05) is 19.9 Å². The van der Waals surface area contributed by atoms with Gasteiger partial charge in [0.05, 0.1) is 0 Å². The molecule has 4 heteroatoms. The number of benzene rings is 1. The molecule has 2 atom stereocenters. The van der Waals surface area contributed by atoms with Crippen LogP contribution in [0, 0.1) is 0 Å². The van der Waals surface area contributed by atoms with Crippen molar-refractivity contribution in [1.82, 2.24) is 4.90 Å². The summed E-state index contributed by atoms with van der Waals surface area (Å²) < 4.78 is 10.8. The van der Waals surface area contributed by atoms with E-state index in [1.165, 1.54) is 24.9 Å². The molecule has 1 aromatic carbocycles. The first kappa shape index (κ1) is 14.7. The van der Waals surface area contributed by atoms with Gasteiger partial charge in [-0.3, -0.25) is 4.90 Å². The molecule has 3 rings (SSSR count). The van der Waals surface area contributed by atoms with Crippen LogP contribution >= 0.6 is 0 Å². The summed E-state index contributed by atoms with van der Waals surface area (Å²) in [7, 11) is 0. The molecule has 0 amide bonds. The molecule has 0 aliphatic carbocycles. The van der Waals surface area contributed by atoms with Crippen LogP contribution in [-0.2, 0) is 6.42 Å². The Labute approximate surface area is 127 Å². The lowest BCUT2D eigenvalue weighted by atomic mass is 9.90. The predicted octanol–water partition coefficient (Wildman–Crippen LogP) is 2.55. The number of nitrogens with zero attached hydrogens (tertiary/aromatic N) is 1. The Hall–Kier alpha value is -1.26. The first-order valence-electron chi connectivity index (χ1n) is 7.98. The van der Waals surface area contributed by atoms with Crippen molar-refractivity contribution in [2.24, 2.45) is 5.73 Å². The van der Waals surface area contributed by atoms with E-state index in [0.717, 1.165) is 24.3 Å². The van der Waals surface area contributed by atoms with Crippen molar-refractivity contribution in [3.63, 3.8) is 0 Å². The van der Waals surface area contributed by atoms with Gasteiger partial charge in [-0.1, -0.05) is 6.07 Å². The van der Waals surface area contributed by atoms with Gasteiger partial charge in [-0.15, -0.1) is 0 Å². The summed E-state index contributed by atoms with van der Waals surface area (Å²) in [5.74, 6) is 1.73. The Morgan fingerprint density at radius 1 is 1.33 bits per heavy atom. The topological polar surface area (TPSA) is 47.7 Å². The van der Waals surface area contributed by atoms with Crippen molar-refractivity contribution < 1.29 is 9.47 Å². The Bertz CT molecular complexity index is 506. The lowest BCUT2D eigenvalue weighted by Gasteiger charge is -2.41. The van der Waals surface area contributed by atoms with Crippen molar-refractivity contribution in [3.8, 4) is 11.5 Å². The zero-order valence-corrected chi connectivity index (χ0v) is 13.1. The number of hydrogen-bond acceptors (Lipinski definition) is 4. The quantitative estimate of drug-likeness (QED) is 0.905. The van der Waals surface area contributed by atoms with E-state index in [2.05, 4.69) is 30.9 Å². The van der Waals surface area contributed by atoms with Crippen LogP contribution in [-0.4, -0.2) is 36.4 Å². The van der Waals surface area contributed by atoms with Gasteiger partial charge < -0.3 is 15.2 Å². The fourth-order valence-corrected chi connectivity index (χ4v) is 3.61. The maximum Gasteiger partial charge on any atom is 0.231 e. The molecule has 4 nitrogen and oxygen atoms in total. The van der Waals surface area contributed by atoms with Crippen LogP contribution < -0.4 is 15.2 Å². The Morgan fingerprint density at radius 2 is 2.14 bits per heavy atom. The fourth-order valence-electron chi connectivity index (χ4n) is 3.61. The van der Waals surface area contributed by atoms with Crippen LogP contribution in [0.5, 0.6) is 11.5 Å². The van der Waals surface area contributed by atoms with Crippen molar-refractivity contribution in [3.05, 3.63) is 23.8 Å². The molecule has 0 radical (unpaired) electrons. The summed E-state index contributed by atoms with van der Waals surface area (Å²) in [4.78, 5) is 2.60. The smallest absolute Gasteiger partial charge is 0.231 e. The van der Waals surface area contributed by atoms with Gasteiger partial charge in [-0.05, 0) is 63.8 Å². The van der Waals surface area contributed by atoms with Gasteiger partial charge in [-0.25, -0.2) is 0 Å². The number of aryl methyl sites for hydroxylation is 1. The zero-order chi connectivity index (χ0) is 14.9. The minimum Gasteiger partial charge on any atom is -0.454 e. The highest BCUT2D eigenvalue weighted by Crippen LogP contribution is 2.34. The standard InChI is InChI=1S/C17H26N2O2/c1-13-4-3-9-19(13)17(2,11-18)8-7-14-5-6-15-16(10-14)21-12-20-15/h5-6,10,13H,3-4,7-9,11-12,18H2,1-2H3. The maximum atomic E-state index is 6.12. The van der Waals surface area contributed by atoms with Gasteiger partial charge in [0.15, 0.2) is 11.5 Å². The third kappa shape index (κ3) is 2.87. The van der Waals surface area contributed by atoms with Gasteiger partial charge >= 0.3 is 0 Å². The van der Waals surface area contributed by atoms with Gasteiger partial charge in [0.2, 0.25) is 6.79 Å². The predicted molar refractivity (Wildman–Crippen MR) is 83.7 cm³/mol. The molecule has 2 unspecified atom stereocenters. The van der Waals surface area contributed by atoms with Crippen molar-refractivity contribution in [2.45, 2.75) is 51.1 Å². The van der Waals surface area contributed by atoms with Gasteiger partial charge in [-0.2, -0.15) is 0 Å². The molecule has 2 aliphatic rings. The SMILES string of the molecule is CC1CCCN1C(C)(CN)CCc1ccc2c(c1)OCO2. The maximum absolute atomic E-state index is 6.12. The van der Waals surface area contributed by atoms with Crippen LogP contribution in [0.15, 0.2) is 18.2 Å². The molecule has 1 saturated heterocycles. The molecule has 0 aromatic heterocycles. The third-order valence-corrected chi connectivity index (χ3v) is 5.08. The number of fused-ring (bicyclic) bond motifs is 1. The Morgan fingerprint density at radius 3 is 2.86 bits per heavy atom. The van der Waals surface area contributed by atoms with Crippen molar-refractivity contribution in [1.29, 1.82) is 0 Å². The molecule has 2 N–H and O–H groups in total. The average Bonchev–Trinajstić information content (AvgIpc) is 3.13. The highest BCUT2D eigenvalue weighted by atomic mass is 16.7. The van der Waals surface area contributed by atoms with E-state index < -0.39 is 0 Å². The van der Waals surface area contributed by atoms with Crippen LogP contribution in [0.2, 0.25) is 0 Å². The summed E-state index contributed by atoms with van der Waals surface area (Å²) in [6.07, 6.45) is 4.68. The molecule has 0 bridgehead atoms. The van der Waals surface area contributed by atoms with Crippen LogP contribution in [0.1, 0.15) is 38.7 Å². The lowest BCUT2D eigenvalue weighted by molar-refractivity contribution is 0.0951. The molecular formula is C17H26N2O2. The molecule has 1 fully saturated rings. The van der Waals surface area contributed by atoms with Crippen molar-refractivity contribution >= 4 is 0 Å².